The Labute approximate surface area is 98.0 Å². The van der Waals surface area contributed by atoms with Gasteiger partial charge >= 0.3 is 0 Å². The van der Waals surface area contributed by atoms with E-state index in [4.69, 9.17) is 4.74 Å². The molecule has 1 fully saturated rings. The Morgan fingerprint density at radius 1 is 1.38 bits per heavy atom. The standard InChI is InChI=1S/C14H21NO/c1-12-5-2-3-7-14(12)16-10-8-13-6-4-9-15-11-13/h2-3,5,7,13,15H,4,6,8-11H2,1H3/t13-/m0/s1. The molecule has 1 aliphatic heterocycles. The molecule has 0 bridgehead atoms. The first kappa shape index (κ1) is 11.5. The summed E-state index contributed by atoms with van der Waals surface area (Å²) in [5.41, 5.74) is 1.23. The van der Waals surface area contributed by atoms with Gasteiger partial charge in [-0.15, -0.1) is 0 Å². The van der Waals surface area contributed by atoms with Crippen molar-refractivity contribution in [2.24, 2.45) is 5.92 Å². The molecule has 1 atom stereocenters. The van der Waals surface area contributed by atoms with Crippen LogP contribution < -0.4 is 10.1 Å². The fourth-order valence-electron chi connectivity index (χ4n) is 2.22. The van der Waals surface area contributed by atoms with Crippen molar-refractivity contribution in [3.8, 4) is 5.75 Å². The van der Waals surface area contributed by atoms with Crippen LogP contribution >= 0.6 is 0 Å². The van der Waals surface area contributed by atoms with Gasteiger partial charge in [-0.1, -0.05) is 18.2 Å². The van der Waals surface area contributed by atoms with Crippen LogP contribution in [0.25, 0.3) is 0 Å². The highest BCUT2D eigenvalue weighted by molar-refractivity contribution is 5.31. The van der Waals surface area contributed by atoms with Gasteiger partial charge < -0.3 is 10.1 Å². The van der Waals surface area contributed by atoms with Crippen LogP contribution in [0, 0.1) is 12.8 Å². The first-order chi connectivity index (χ1) is 7.86. The molecule has 0 amide bonds. The fraction of sp³-hybridized carbons (Fsp3) is 0.571. The first-order valence-corrected chi connectivity index (χ1v) is 6.25. The van der Waals surface area contributed by atoms with Crippen molar-refractivity contribution >= 4 is 0 Å². The Hall–Kier alpha value is -1.02. The summed E-state index contributed by atoms with van der Waals surface area (Å²) in [6.07, 6.45) is 3.83. The number of hydrogen-bond acceptors (Lipinski definition) is 2. The summed E-state index contributed by atoms with van der Waals surface area (Å²) in [6.45, 7) is 5.29. The van der Waals surface area contributed by atoms with Crippen LogP contribution in [0.5, 0.6) is 5.75 Å². The lowest BCUT2D eigenvalue weighted by atomic mass is 9.97. The molecule has 1 heterocycles. The molecular formula is C14H21NO. The fourth-order valence-corrected chi connectivity index (χ4v) is 2.22. The highest BCUT2D eigenvalue weighted by Crippen LogP contribution is 2.18. The van der Waals surface area contributed by atoms with Crippen molar-refractivity contribution < 1.29 is 4.74 Å². The summed E-state index contributed by atoms with van der Waals surface area (Å²) in [4.78, 5) is 0. The molecule has 1 aromatic carbocycles. The van der Waals surface area contributed by atoms with Gasteiger partial charge in [-0.25, -0.2) is 0 Å². The minimum Gasteiger partial charge on any atom is -0.493 e. The molecule has 0 spiro atoms. The molecule has 0 aromatic heterocycles. The highest BCUT2D eigenvalue weighted by atomic mass is 16.5. The molecule has 2 rings (SSSR count). The summed E-state index contributed by atoms with van der Waals surface area (Å²) in [5.74, 6) is 1.84. The van der Waals surface area contributed by atoms with E-state index >= 15 is 0 Å². The summed E-state index contributed by atoms with van der Waals surface area (Å²) in [6, 6.07) is 8.23. The third-order valence-electron chi connectivity index (χ3n) is 3.28. The molecule has 16 heavy (non-hydrogen) atoms. The molecule has 1 aromatic rings. The second-order valence-corrected chi connectivity index (χ2v) is 4.62. The van der Waals surface area contributed by atoms with Crippen molar-refractivity contribution in [3.05, 3.63) is 29.8 Å². The molecule has 2 heteroatoms. The summed E-state index contributed by atoms with van der Waals surface area (Å²) in [5, 5.41) is 3.44. The smallest absolute Gasteiger partial charge is 0.122 e. The van der Waals surface area contributed by atoms with Crippen LogP contribution in [-0.2, 0) is 0 Å². The maximum atomic E-state index is 5.81. The third-order valence-corrected chi connectivity index (χ3v) is 3.28. The quantitative estimate of drug-likeness (QED) is 0.840. The number of benzene rings is 1. The molecule has 0 unspecified atom stereocenters. The zero-order valence-electron chi connectivity index (χ0n) is 10.0. The van der Waals surface area contributed by atoms with Crippen molar-refractivity contribution in [1.29, 1.82) is 0 Å². The summed E-state index contributed by atoms with van der Waals surface area (Å²) < 4.78 is 5.81. The van der Waals surface area contributed by atoms with Crippen LogP contribution in [0.4, 0.5) is 0 Å². The number of ether oxygens (including phenoxy) is 1. The topological polar surface area (TPSA) is 21.3 Å². The van der Waals surface area contributed by atoms with E-state index in [0.29, 0.717) is 0 Å². The number of piperidine rings is 1. The van der Waals surface area contributed by atoms with Crippen LogP contribution in [0.15, 0.2) is 24.3 Å². The third kappa shape index (κ3) is 3.24. The number of aryl methyl sites for hydroxylation is 1. The minimum atomic E-state index is 0.803. The largest absolute Gasteiger partial charge is 0.493 e. The number of para-hydroxylation sites is 1. The molecule has 1 saturated heterocycles. The molecule has 0 aliphatic carbocycles. The number of hydrogen-bond donors (Lipinski definition) is 1. The van der Waals surface area contributed by atoms with Gasteiger partial charge in [0, 0.05) is 0 Å². The maximum Gasteiger partial charge on any atom is 0.122 e. The average molecular weight is 219 g/mol. The Balaban J connectivity index is 1.73. The number of nitrogens with one attached hydrogen (secondary N) is 1. The van der Waals surface area contributed by atoms with Gasteiger partial charge in [-0.2, -0.15) is 0 Å². The summed E-state index contributed by atoms with van der Waals surface area (Å²) >= 11 is 0. The Bertz CT molecular complexity index is 318. The molecule has 1 N–H and O–H groups in total. The second kappa shape index (κ2) is 5.90. The van der Waals surface area contributed by atoms with Gasteiger partial charge in [0.25, 0.3) is 0 Å². The lowest BCUT2D eigenvalue weighted by Gasteiger charge is -2.22. The van der Waals surface area contributed by atoms with E-state index in [9.17, 15) is 0 Å². The van der Waals surface area contributed by atoms with Gasteiger partial charge in [0.2, 0.25) is 0 Å². The lowest BCUT2D eigenvalue weighted by Crippen LogP contribution is -2.30. The molecular weight excluding hydrogens is 198 g/mol. The number of rotatable bonds is 4. The zero-order chi connectivity index (χ0) is 11.2. The maximum absolute atomic E-state index is 5.81. The molecule has 0 radical (unpaired) electrons. The zero-order valence-corrected chi connectivity index (χ0v) is 10.0. The van der Waals surface area contributed by atoms with Crippen molar-refractivity contribution in [2.45, 2.75) is 26.2 Å². The molecule has 88 valence electrons. The van der Waals surface area contributed by atoms with E-state index < -0.39 is 0 Å². The van der Waals surface area contributed by atoms with E-state index in [1.807, 2.05) is 12.1 Å². The van der Waals surface area contributed by atoms with Gasteiger partial charge in [0.05, 0.1) is 6.61 Å². The normalized spacial score (nSPS) is 20.7. The van der Waals surface area contributed by atoms with Crippen molar-refractivity contribution in [2.75, 3.05) is 19.7 Å². The lowest BCUT2D eigenvalue weighted by molar-refractivity contribution is 0.253. The Morgan fingerprint density at radius 3 is 3.00 bits per heavy atom. The molecule has 0 saturated carbocycles. The molecule has 2 nitrogen and oxygen atoms in total. The predicted molar refractivity (Wildman–Crippen MR) is 66.9 cm³/mol. The Kier molecular flexibility index (Phi) is 4.23. The van der Waals surface area contributed by atoms with Gasteiger partial charge in [0.15, 0.2) is 0 Å². The van der Waals surface area contributed by atoms with Gasteiger partial charge in [-0.05, 0) is 56.8 Å². The SMILES string of the molecule is Cc1ccccc1OCC[C@@H]1CCCNC1. The highest BCUT2D eigenvalue weighted by Gasteiger charge is 2.12. The van der Waals surface area contributed by atoms with Crippen LogP contribution in [0.1, 0.15) is 24.8 Å². The van der Waals surface area contributed by atoms with Crippen molar-refractivity contribution in [1.82, 2.24) is 5.32 Å². The van der Waals surface area contributed by atoms with Crippen LogP contribution in [-0.4, -0.2) is 19.7 Å². The second-order valence-electron chi connectivity index (χ2n) is 4.62. The van der Waals surface area contributed by atoms with Crippen LogP contribution in [0.3, 0.4) is 0 Å². The minimum absolute atomic E-state index is 0.803. The van der Waals surface area contributed by atoms with E-state index in [1.54, 1.807) is 0 Å². The average Bonchev–Trinajstić information content (AvgIpc) is 2.33. The molecule has 1 aliphatic rings. The van der Waals surface area contributed by atoms with E-state index in [2.05, 4.69) is 24.4 Å². The Morgan fingerprint density at radius 2 is 2.25 bits per heavy atom. The summed E-state index contributed by atoms with van der Waals surface area (Å²) in [7, 11) is 0. The van der Waals surface area contributed by atoms with Gasteiger partial charge in [0.1, 0.15) is 5.75 Å². The monoisotopic (exact) mass is 219 g/mol. The predicted octanol–water partition coefficient (Wildman–Crippen LogP) is 2.76. The van der Waals surface area contributed by atoms with Crippen LogP contribution in [0.2, 0.25) is 0 Å². The van der Waals surface area contributed by atoms with Gasteiger partial charge in [-0.3, -0.25) is 0 Å². The van der Waals surface area contributed by atoms with Crippen molar-refractivity contribution in [3.63, 3.8) is 0 Å². The van der Waals surface area contributed by atoms with E-state index in [0.717, 1.165) is 24.8 Å². The van der Waals surface area contributed by atoms with E-state index in [1.165, 1.54) is 31.4 Å². The first-order valence-electron chi connectivity index (χ1n) is 6.25. The van der Waals surface area contributed by atoms with E-state index in [-0.39, 0.29) is 0 Å².